The summed E-state index contributed by atoms with van der Waals surface area (Å²) in [6, 6.07) is 4.47. The molecule has 0 aliphatic heterocycles. The third kappa shape index (κ3) is 3.14. The van der Waals surface area contributed by atoms with Gasteiger partial charge >= 0.3 is 0 Å². The van der Waals surface area contributed by atoms with Crippen molar-refractivity contribution in [2.24, 2.45) is 5.41 Å². The summed E-state index contributed by atoms with van der Waals surface area (Å²) in [6.07, 6.45) is 0.760. The van der Waals surface area contributed by atoms with Gasteiger partial charge in [-0.1, -0.05) is 31.5 Å². The second-order valence-corrected chi connectivity index (χ2v) is 4.88. The first-order valence-corrected chi connectivity index (χ1v) is 5.36. The molecule has 0 bridgehead atoms. The minimum absolute atomic E-state index is 0.0109. The molecule has 0 amide bonds. The molecule has 0 saturated carbocycles. The van der Waals surface area contributed by atoms with E-state index in [0.29, 0.717) is 10.9 Å². The van der Waals surface area contributed by atoms with E-state index in [1.54, 1.807) is 6.07 Å². The van der Waals surface area contributed by atoms with Crippen LogP contribution in [0.25, 0.3) is 0 Å². The molecule has 3 heteroatoms. The zero-order valence-corrected chi connectivity index (χ0v) is 9.79. The van der Waals surface area contributed by atoms with Gasteiger partial charge in [-0.25, -0.2) is 4.39 Å². The quantitative estimate of drug-likeness (QED) is 0.685. The summed E-state index contributed by atoms with van der Waals surface area (Å²) in [5.74, 6) is 0.253. The Balaban J connectivity index is 2.87. The van der Waals surface area contributed by atoms with E-state index in [1.807, 2.05) is 0 Å². The number of benzene rings is 1. The van der Waals surface area contributed by atoms with E-state index in [2.05, 4.69) is 13.8 Å². The molecule has 0 atom stereocenters. The second kappa shape index (κ2) is 4.50. The average molecular weight is 235 g/mol. The van der Waals surface area contributed by atoms with Crippen molar-refractivity contribution in [3.8, 4) is 0 Å². The van der Waals surface area contributed by atoms with Gasteiger partial charge in [-0.3, -0.25) is 0 Å². The Morgan fingerprint density at radius 2 is 2.00 bits per heavy atom. The summed E-state index contributed by atoms with van der Waals surface area (Å²) in [7, 11) is 0. The van der Waals surface area contributed by atoms with Crippen LogP contribution in [0.2, 0.25) is 5.02 Å². The maximum absolute atomic E-state index is 12.8. The SMILES string of the molecule is CC(C)(CCl)Cc1ccc(F)cc1Cl. The molecule has 0 nitrogen and oxygen atoms in total. The Bertz CT molecular complexity index is 321. The molecular weight excluding hydrogens is 222 g/mol. The highest BCUT2D eigenvalue weighted by Crippen LogP contribution is 2.27. The number of rotatable bonds is 3. The largest absolute Gasteiger partial charge is 0.207 e. The van der Waals surface area contributed by atoms with Gasteiger partial charge in [-0.05, 0) is 29.5 Å². The summed E-state index contributed by atoms with van der Waals surface area (Å²) < 4.78 is 12.8. The van der Waals surface area contributed by atoms with Crippen LogP contribution in [0.3, 0.4) is 0 Å². The summed E-state index contributed by atoms with van der Waals surface area (Å²) in [4.78, 5) is 0. The first-order chi connectivity index (χ1) is 6.44. The highest BCUT2D eigenvalue weighted by atomic mass is 35.5. The fourth-order valence-corrected chi connectivity index (χ4v) is 1.56. The molecular formula is C11H13Cl2F. The Labute approximate surface area is 94.0 Å². The van der Waals surface area contributed by atoms with E-state index in [0.717, 1.165) is 12.0 Å². The Hall–Kier alpha value is -0.270. The Kier molecular flexibility index (Phi) is 3.79. The van der Waals surface area contributed by atoms with Crippen LogP contribution in [-0.4, -0.2) is 5.88 Å². The second-order valence-electron chi connectivity index (χ2n) is 4.21. The van der Waals surface area contributed by atoms with E-state index >= 15 is 0 Å². The van der Waals surface area contributed by atoms with Crippen molar-refractivity contribution in [1.82, 2.24) is 0 Å². The molecule has 78 valence electrons. The molecule has 0 N–H and O–H groups in total. The first kappa shape index (κ1) is 11.8. The van der Waals surface area contributed by atoms with Crippen molar-refractivity contribution in [2.45, 2.75) is 20.3 Å². The molecule has 0 fully saturated rings. The van der Waals surface area contributed by atoms with E-state index in [1.165, 1.54) is 12.1 Å². The van der Waals surface area contributed by atoms with Gasteiger partial charge in [-0.15, -0.1) is 11.6 Å². The molecule has 1 rings (SSSR count). The summed E-state index contributed by atoms with van der Waals surface area (Å²) in [5.41, 5.74) is 0.932. The van der Waals surface area contributed by atoms with Gasteiger partial charge in [0, 0.05) is 10.9 Å². The lowest BCUT2D eigenvalue weighted by Gasteiger charge is -2.21. The third-order valence-corrected chi connectivity index (χ3v) is 3.12. The number of hydrogen-bond acceptors (Lipinski definition) is 0. The normalized spacial score (nSPS) is 11.8. The van der Waals surface area contributed by atoms with Gasteiger partial charge in [0.15, 0.2) is 0 Å². The smallest absolute Gasteiger partial charge is 0.124 e. The van der Waals surface area contributed by atoms with Crippen LogP contribution in [0.15, 0.2) is 18.2 Å². The topological polar surface area (TPSA) is 0 Å². The molecule has 14 heavy (non-hydrogen) atoms. The molecule has 0 aliphatic carbocycles. The molecule has 1 aromatic carbocycles. The predicted molar refractivity (Wildman–Crippen MR) is 59.6 cm³/mol. The zero-order valence-electron chi connectivity index (χ0n) is 8.28. The standard InChI is InChI=1S/C11H13Cl2F/c1-11(2,7-12)6-8-3-4-9(14)5-10(8)13/h3-5H,6-7H2,1-2H3. The van der Waals surface area contributed by atoms with Crippen LogP contribution < -0.4 is 0 Å². The highest BCUT2D eigenvalue weighted by Gasteiger charge is 2.18. The monoisotopic (exact) mass is 234 g/mol. The van der Waals surface area contributed by atoms with Crippen LogP contribution >= 0.6 is 23.2 Å². The molecule has 0 spiro atoms. The van der Waals surface area contributed by atoms with E-state index in [-0.39, 0.29) is 11.2 Å². The maximum Gasteiger partial charge on any atom is 0.124 e. The molecule has 0 unspecified atom stereocenters. The van der Waals surface area contributed by atoms with Gasteiger partial charge in [0.25, 0.3) is 0 Å². The number of alkyl halides is 1. The van der Waals surface area contributed by atoms with Crippen LogP contribution in [-0.2, 0) is 6.42 Å². The maximum atomic E-state index is 12.8. The highest BCUT2D eigenvalue weighted by molar-refractivity contribution is 6.31. The van der Waals surface area contributed by atoms with Gasteiger partial charge < -0.3 is 0 Å². The molecule has 0 radical (unpaired) electrons. The van der Waals surface area contributed by atoms with Crippen LogP contribution in [0.4, 0.5) is 4.39 Å². The van der Waals surface area contributed by atoms with Crippen molar-refractivity contribution in [3.63, 3.8) is 0 Å². The fraction of sp³-hybridized carbons (Fsp3) is 0.455. The van der Waals surface area contributed by atoms with E-state index in [4.69, 9.17) is 23.2 Å². The average Bonchev–Trinajstić information content (AvgIpc) is 2.10. The minimum atomic E-state index is -0.303. The van der Waals surface area contributed by atoms with Gasteiger partial charge in [0.1, 0.15) is 5.82 Å². The Morgan fingerprint density at radius 3 is 2.50 bits per heavy atom. The molecule has 0 aromatic heterocycles. The van der Waals surface area contributed by atoms with Gasteiger partial charge in [-0.2, -0.15) is 0 Å². The number of hydrogen-bond donors (Lipinski definition) is 0. The van der Waals surface area contributed by atoms with Crippen molar-refractivity contribution in [1.29, 1.82) is 0 Å². The third-order valence-electron chi connectivity index (χ3n) is 2.05. The summed E-state index contributed by atoms with van der Waals surface area (Å²) >= 11 is 11.7. The fourth-order valence-electron chi connectivity index (χ4n) is 1.23. The van der Waals surface area contributed by atoms with Crippen molar-refractivity contribution >= 4 is 23.2 Å². The molecule has 1 aromatic rings. The molecule has 0 aliphatic rings. The minimum Gasteiger partial charge on any atom is -0.207 e. The van der Waals surface area contributed by atoms with Crippen LogP contribution in [0.5, 0.6) is 0 Å². The zero-order chi connectivity index (χ0) is 10.8. The van der Waals surface area contributed by atoms with Crippen molar-refractivity contribution < 1.29 is 4.39 Å². The van der Waals surface area contributed by atoms with E-state index in [9.17, 15) is 4.39 Å². The lowest BCUT2D eigenvalue weighted by atomic mass is 9.88. The lowest BCUT2D eigenvalue weighted by molar-refractivity contribution is 0.418. The van der Waals surface area contributed by atoms with Crippen molar-refractivity contribution in [2.75, 3.05) is 5.88 Å². The van der Waals surface area contributed by atoms with Gasteiger partial charge in [0.2, 0.25) is 0 Å². The van der Waals surface area contributed by atoms with Gasteiger partial charge in [0.05, 0.1) is 0 Å². The predicted octanol–water partition coefficient (Wildman–Crippen LogP) is 4.29. The molecule has 0 saturated heterocycles. The molecule has 0 heterocycles. The first-order valence-electron chi connectivity index (χ1n) is 4.44. The van der Waals surface area contributed by atoms with Crippen LogP contribution in [0, 0.1) is 11.2 Å². The lowest BCUT2D eigenvalue weighted by Crippen LogP contribution is -2.17. The van der Waals surface area contributed by atoms with E-state index < -0.39 is 0 Å². The number of halogens is 3. The van der Waals surface area contributed by atoms with Crippen molar-refractivity contribution in [3.05, 3.63) is 34.6 Å². The Morgan fingerprint density at radius 1 is 1.36 bits per heavy atom. The summed E-state index contributed by atoms with van der Waals surface area (Å²) in [6.45, 7) is 4.11. The van der Waals surface area contributed by atoms with Crippen LogP contribution in [0.1, 0.15) is 19.4 Å². The summed E-state index contributed by atoms with van der Waals surface area (Å²) in [5, 5.41) is 0.475.